The van der Waals surface area contributed by atoms with Crippen LogP contribution in [0, 0.1) is 5.82 Å². The number of nitrogens with zero attached hydrogens (tertiary/aromatic N) is 3. The molecule has 1 amide bonds. The zero-order chi connectivity index (χ0) is 16.8. The first-order chi connectivity index (χ1) is 11.7. The van der Waals surface area contributed by atoms with Crippen LogP contribution in [0.3, 0.4) is 0 Å². The first-order valence-corrected chi connectivity index (χ1v) is 7.67. The highest BCUT2D eigenvalue weighted by Gasteiger charge is 2.07. The number of carbonyl (C=O) groups excluding carboxylic acids is 1. The second kappa shape index (κ2) is 7.50. The molecule has 5 nitrogen and oxygen atoms in total. The lowest BCUT2D eigenvalue weighted by Gasteiger charge is -2.07. The van der Waals surface area contributed by atoms with E-state index in [1.54, 1.807) is 36.9 Å². The van der Waals surface area contributed by atoms with Crippen LogP contribution in [0.5, 0.6) is 0 Å². The SMILES string of the molecule is O=C(NCCCn1ccnc1)c1cncc(-c2ccc(F)cc2)c1. The van der Waals surface area contributed by atoms with E-state index in [2.05, 4.69) is 15.3 Å². The Morgan fingerprint density at radius 1 is 1.12 bits per heavy atom. The van der Waals surface area contributed by atoms with E-state index in [0.29, 0.717) is 12.1 Å². The standard InChI is InChI=1S/C18H17FN4O/c19-17-4-2-14(3-5-17)15-10-16(12-21-11-15)18(24)22-6-1-8-23-9-7-20-13-23/h2-5,7,9-13H,1,6,8H2,(H,22,24). The molecule has 0 fully saturated rings. The maximum absolute atomic E-state index is 13.0. The van der Waals surface area contributed by atoms with Gasteiger partial charge in [-0.2, -0.15) is 0 Å². The number of hydrogen-bond donors (Lipinski definition) is 1. The highest BCUT2D eigenvalue weighted by atomic mass is 19.1. The van der Waals surface area contributed by atoms with E-state index in [9.17, 15) is 9.18 Å². The van der Waals surface area contributed by atoms with Crippen molar-refractivity contribution < 1.29 is 9.18 Å². The monoisotopic (exact) mass is 324 g/mol. The molecule has 24 heavy (non-hydrogen) atoms. The van der Waals surface area contributed by atoms with Crippen LogP contribution in [-0.4, -0.2) is 27.0 Å². The van der Waals surface area contributed by atoms with Crippen molar-refractivity contribution in [3.05, 3.63) is 72.8 Å². The van der Waals surface area contributed by atoms with Gasteiger partial charge < -0.3 is 9.88 Å². The average Bonchev–Trinajstić information content (AvgIpc) is 3.13. The van der Waals surface area contributed by atoms with Crippen LogP contribution >= 0.6 is 0 Å². The molecule has 0 spiro atoms. The fourth-order valence-corrected chi connectivity index (χ4v) is 2.35. The molecule has 0 unspecified atom stereocenters. The lowest BCUT2D eigenvalue weighted by molar-refractivity contribution is 0.0952. The van der Waals surface area contributed by atoms with E-state index in [1.807, 2.05) is 10.8 Å². The number of nitrogens with one attached hydrogen (secondary N) is 1. The molecule has 0 radical (unpaired) electrons. The van der Waals surface area contributed by atoms with Gasteiger partial charge in [-0.3, -0.25) is 9.78 Å². The van der Waals surface area contributed by atoms with E-state index >= 15 is 0 Å². The minimum absolute atomic E-state index is 0.169. The molecular weight excluding hydrogens is 307 g/mol. The fraction of sp³-hybridized carbons (Fsp3) is 0.167. The van der Waals surface area contributed by atoms with E-state index in [1.165, 1.54) is 18.3 Å². The van der Waals surface area contributed by atoms with Crippen molar-refractivity contribution in [2.75, 3.05) is 6.54 Å². The van der Waals surface area contributed by atoms with E-state index in [4.69, 9.17) is 0 Å². The molecule has 0 aliphatic rings. The van der Waals surface area contributed by atoms with Crippen LogP contribution in [0.4, 0.5) is 4.39 Å². The Morgan fingerprint density at radius 3 is 2.71 bits per heavy atom. The smallest absolute Gasteiger partial charge is 0.252 e. The number of aromatic nitrogens is 3. The Bertz CT molecular complexity index is 800. The van der Waals surface area contributed by atoms with Crippen LogP contribution in [0.1, 0.15) is 16.8 Å². The van der Waals surface area contributed by atoms with Gasteiger partial charge in [-0.1, -0.05) is 12.1 Å². The van der Waals surface area contributed by atoms with Gasteiger partial charge in [0.2, 0.25) is 0 Å². The molecule has 0 aliphatic heterocycles. The lowest BCUT2D eigenvalue weighted by Crippen LogP contribution is -2.25. The summed E-state index contributed by atoms with van der Waals surface area (Å²) in [6.07, 6.45) is 9.36. The Balaban J connectivity index is 1.58. The Labute approximate surface area is 139 Å². The third kappa shape index (κ3) is 4.04. The molecule has 2 aromatic heterocycles. The molecule has 0 aliphatic carbocycles. The third-order valence-corrected chi connectivity index (χ3v) is 3.62. The Kier molecular flexibility index (Phi) is 4.96. The summed E-state index contributed by atoms with van der Waals surface area (Å²) in [7, 11) is 0. The molecule has 0 saturated heterocycles. The summed E-state index contributed by atoms with van der Waals surface area (Å²) in [5.74, 6) is -0.462. The van der Waals surface area contributed by atoms with Crippen molar-refractivity contribution in [2.24, 2.45) is 0 Å². The number of aryl methyl sites for hydroxylation is 1. The number of hydrogen-bond acceptors (Lipinski definition) is 3. The summed E-state index contributed by atoms with van der Waals surface area (Å²) in [5, 5.41) is 2.88. The summed E-state index contributed by atoms with van der Waals surface area (Å²) in [5.41, 5.74) is 2.08. The summed E-state index contributed by atoms with van der Waals surface area (Å²) in [6.45, 7) is 1.37. The maximum Gasteiger partial charge on any atom is 0.252 e. The second-order valence-corrected chi connectivity index (χ2v) is 5.38. The number of halogens is 1. The number of imidazole rings is 1. The lowest BCUT2D eigenvalue weighted by atomic mass is 10.1. The summed E-state index contributed by atoms with van der Waals surface area (Å²) < 4.78 is 15.0. The van der Waals surface area contributed by atoms with Crippen LogP contribution < -0.4 is 5.32 Å². The van der Waals surface area contributed by atoms with Crippen LogP contribution in [0.2, 0.25) is 0 Å². The van der Waals surface area contributed by atoms with Gasteiger partial charge in [-0.15, -0.1) is 0 Å². The van der Waals surface area contributed by atoms with Crippen LogP contribution in [0.25, 0.3) is 11.1 Å². The maximum atomic E-state index is 13.0. The minimum Gasteiger partial charge on any atom is -0.352 e. The number of amides is 1. The topological polar surface area (TPSA) is 59.8 Å². The van der Waals surface area contributed by atoms with Gasteiger partial charge in [-0.05, 0) is 30.2 Å². The first kappa shape index (κ1) is 15.9. The van der Waals surface area contributed by atoms with Crippen molar-refractivity contribution in [2.45, 2.75) is 13.0 Å². The quantitative estimate of drug-likeness (QED) is 0.709. The molecular formula is C18H17FN4O. The number of pyridine rings is 1. The molecule has 122 valence electrons. The van der Waals surface area contributed by atoms with Gasteiger partial charge in [-0.25, -0.2) is 9.37 Å². The molecule has 2 heterocycles. The van der Waals surface area contributed by atoms with Crippen molar-refractivity contribution >= 4 is 5.91 Å². The van der Waals surface area contributed by atoms with Crippen LogP contribution in [0.15, 0.2) is 61.4 Å². The van der Waals surface area contributed by atoms with Gasteiger partial charge in [0, 0.05) is 43.4 Å². The molecule has 6 heteroatoms. The molecule has 1 aromatic carbocycles. The second-order valence-electron chi connectivity index (χ2n) is 5.38. The molecule has 0 saturated carbocycles. The first-order valence-electron chi connectivity index (χ1n) is 7.67. The number of rotatable bonds is 6. The van der Waals surface area contributed by atoms with Gasteiger partial charge in [0.15, 0.2) is 0 Å². The van der Waals surface area contributed by atoms with Crippen molar-refractivity contribution in [3.63, 3.8) is 0 Å². The predicted octanol–water partition coefficient (Wildman–Crippen LogP) is 2.90. The Morgan fingerprint density at radius 2 is 1.96 bits per heavy atom. The molecule has 0 atom stereocenters. The van der Waals surface area contributed by atoms with E-state index in [0.717, 1.165) is 24.1 Å². The summed E-state index contributed by atoms with van der Waals surface area (Å²) in [6, 6.07) is 7.86. The van der Waals surface area contributed by atoms with Gasteiger partial charge in [0.25, 0.3) is 5.91 Å². The number of carbonyl (C=O) groups is 1. The predicted molar refractivity (Wildman–Crippen MR) is 88.8 cm³/mol. The van der Waals surface area contributed by atoms with E-state index in [-0.39, 0.29) is 11.7 Å². The summed E-state index contributed by atoms with van der Waals surface area (Å²) in [4.78, 5) is 20.3. The van der Waals surface area contributed by atoms with Gasteiger partial charge in [0.1, 0.15) is 5.82 Å². The molecule has 0 bridgehead atoms. The van der Waals surface area contributed by atoms with Gasteiger partial charge >= 0.3 is 0 Å². The highest BCUT2D eigenvalue weighted by Crippen LogP contribution is 2.19. The molecule has 1 N–H and O–H groups in total. The van der Waals surface area contributed by atoms with E-state index < -0.39 is 0 Å². The zero-order valence-corrected chi connectivity index (χ0v) is 13.0. The average molecular weight is 324 g/mol. The minimum atomic E-state index is -0.293. The molecule has 3 rings (SSSR count). The summed E-state index contributed by atoms with van der Waals surface area (Å²) >= 11 is 0. The van der Waals surface area contributed by atoms with Crippen molar-refractivity contribution in [3.8, 4) is 11.1 Å². The third-order valence-electron chi connectivity index (χ3n) is 3.62. The Hall–Kier alpha value is -3.02. The normalized spacial score (nSPS) is 10.5. The zero-order valence-electron chi connectivity index (χ0n) is 13.0. The largest absolute Gasteiger partial charge is 0.352 e. The van der Waals surface area contributed by atoms with Gasteiger partial charge in [0.05, 0.1) is 11.9 Å². The van der Waals surface area contributed by atoms with Crippen LogP contribution in [-0.2, 0) is 6.54 Å². The molecule has 3 aromatic rings. The van der Waals surface area contributed by atoms with Crippen molar-refractivity contribution in [1.29, 1.82) is 0 Å². The fourth-order valence-electron chi connectivity index (χ4n) is 2.35. The number of benzene rings is 1. The highest BCUT2D eigenvalue weighted by molar-refractivity contribution is 5.95. The van der Waals surface area contributed by atoms with Crippen molar-refractivity contribution in [1.82, 2.24) is 19.9 Å².